The van der Waals surface area contributed by atoms with Crippen molar-refractivity contribution >= 4 is 17.3 Å². The number of anilines is 2. The number of ether oxygens (including phenoxy) is 1. The summed E-state index contributed by atoms with van der Waals surface area (Å²) in [7, 11) is 1.43. The van der Waals surface area contributed by atoms with Gasteiger partial charge in [0.05, 0.1) is 7.11 Å². The van der Waals surface area contributed by atoms with Crippen LogP contribution >= 0.6 is 0 Å². The highest BCUT2D eigenvalue weighted by molar-refractivity contribution is 5.88. The summed E-state index contributed by atoms with van der Waals surface area (Å²) >= 11 is 0. The Bertz CT molecular complexity index is 627. The summed E-state index contributed by atoms with van der Waals surface area (Å²) in [4.78, 5) is 10.9. The van der Waals surface area contributed by atoms with Gasteiger partial charge in [0.2, 0.25) is 5.91 Å². The first-order chi connectivity index (χ1) is 10.1. The van der Waals surface area contributed by atoms with E-state index in [0.29, 0.717) is 12.2 Å². The Morgan fingerprint density at radius 3 is 2.38 bits per heavy atom. The van der Waals surface area contributed by atoms with E-state index in [9.17, 15) is 9.18 Å². The molecular weight excluding hydrogens is 271 g/mol. The zero-order valence-electron chi connectivity index (χ0n) is 11.9. The van der Waals surface area contributed by atoms with Crippen LogP contribution in [0.4, 0.5) is 15.8 Å². The first-order valence-electron chi connectivity index (χ1n) is 6.52. The second-order valence-corrected chi connectivity index (χ2v) is 4.58. The van der Waals surface area contributed by atoms with Crippen LogP contribution in [0.1, 0.15) is 12.5 Å². The average Bonchev–Trinajstić information content (AvgIpc) is 2.46. The highest BCUT2D eigenvalue weighted by atomic mass is 19.1. The second kappa shape index (κ2) is 6.74. The molecule has 5 heteroatoms. The third-order valence-corrected chi connectivity index (χ3v) is 2.92. The molecule has 0 heterocycles. The first kappa shape index (κ1) is 14.8. The Morgan fingerprint density at radius 2 is 1.81 bits per heavy atom. The highest BCUT2D eigenvalue weighted by Crippen LogP contribution is 2.21. The van der Waals surface area contributed by atoms with Gasteiger partial charge in [-0.2, -0.15) is 0 Å². The van der Waals surface area contributed by atoms with Gasteiger partial charge in [0.25, 0.3) is 0 Å². The van der Waals surface area contributed by atoms with E-state index in [1.165, 1.54) is 20.1 Å². The Kier molecular flexibility index (Phi) is 4.77. The fraction of sp³-hybridized carbons (Fsp3) is 0.188. The fourth-order valence-corrected chi connectivity index (χ4v) is 1.89. The minimum atomic E-state index is -0.400. The third-order valence-electron chi connectivity index (χ3n) is 2.92. The Morgan fingerprint density at radius 1 is 1.14 bits per heavy atom. The van der Waals surface area contributed by atoms with Crippen molar-refractivity contribution in [1.29, 1.82) is 0 Å². The molecule has 2 aromatic carbocycles. The van der Waals surface area contributed by atoms with Crippen LogP contribution in [-0.2, 0) is 11.3 Å². The topological polar surface area (TPSA) is 50.4 Å². The summed E-state index contributed by atoms with van der Waals surface area (Å²) in [5.41, 5.74) is 2.46. The van der Waals surface area contributed by atoms with Crippen molar-refractivity contribution in [2.75, 3.05) is 17.7 Å². The second-order valence-electron chi connectivity index (χ2n) is 4.58. The highest BCUT2D eigenvalue weighted by Gasteiger charge is 2.03. The van der Waals surface area contributed by atoms with Gasteiger partial charge in [0, 0.05) is 30.9 Å². The summed E-state index contributed by atoms with van der Waals surface area (Å²) in [6.45, 7) is 2.03. The lowest BCUT2D eigenvalue weighted by atomic mass is 10.2. The molecule has 110 valence electrons. The van der Waals surface area contributed by atoms with Crippen LogP contribution in [0.15, 0.2) is 42.5 Å². The van der Waals surface area contributed by atoms with Gasteiger partial charge in [0.1, 0.15) is 0 Å². The zero-order valence-corrected chi connectivity index (χ0v) is 11.9. The molecule has 0 aliphatic carbocycles. The largest absolute Gasteiger partial charge is 0.494 e. The lowest BCUT2D eigenvalue weighted by Crippen LogP contribution is -2.06. The smallest absolute Gasteiger partial charge is 0.221 e. The van der Waals surface area contributed by atoms with Crippen LogP contribution in [0.25, 0.3) is 0 Å². The third kappa shape index (κ3) is 4.21. The number of nitrogens with one attached hydrogen (secondary N) is 2. The molecule has 0 aromatic heterocycles. The molecule has 0 saturated heterocycles. The summed E-state index contributed by atoms with van der Waals surface area (Å²) in [6, 6.07) is 12.2. The van der Waals surface area contributed by atoms with Crippen molar-refractivity contribution in [3.8, 4) is 5.75 Å². The molecule has 0 aliphatic rings. The average molecular weight is 288 g/mol. The Hall–Kier alpha value is -2.56. The number of carbonyl (C=O) groups excluding carboxylic acids is 1. The number of methoxy groups -OCH3 is 1. The van der Waals surface area contributed by atoms with Crippen molar-refractivity contribution in [2.45, 2.75) is 13.5 Å². The van der Waals surface area contributed by atoms with E-state index in [1.54, 1.807) is 12.1 Å². The first-order valence-corrected chi connectivity index (χ1v) is 6.52. The summed E-state index contributed by atoms with van der Waals surface area (Å²) in [5, 5.41) is 5.83. The number of benzene rings is 2. The Balaban J connectivity index is 1.96. The molecule has 21 heavy (non-hydrogen) atoms. The fourth-order valence-electron chi connectivity index (χ4n) is 1.89. The maximum atomic E-state index is 13.5. The monoisotopic (exact) mass is 288 g/mol. The van der Waals surface area contributed by atoms with Gasteiger partial charge >= 0.3 is 0 Å². The van der Waals surface area contributed by atoms with Crippen LogP contribution in [0.5, 0.6) is 5.75 Å². The minimum absolute atomic E-state index is 0.102. The van der Waals surface area contributed by atoms with Crippen LogP contribution < -0.4 is 15.4 Å². The van der Waals surface area contributed by atoms with Crippen molar-refractivity contribution in [2.24, 2.45) is 0 Å². The zero-order chi connectivity index (χ0) is 15.2. The number of halogens is 1. The SMILES string of the molecule is COc1ccc(NCc2ccc(NC(C)=O)cc2)cc1F. The van der Waals surface area contributed by atoms with E-state index in [1.807, 2.05) is 24.3 Å². The number of hydrogen-bond acceptors (Lipinski definition) is 3. The molecule has 2 aromatic rings. The lowest BCUT2D eigenvalue weighted by molar-refractivity contribution is -0.114. The minimum Gasteiger partial charge on any atom is -0.494 e. The van der Waals surface area contributed by atoms with Crippen LogP contribution in [0.2, 0.25) is 0 Å². The molecule has 0 saturated carbocycles. The molecule has 0 atom stereocenters. The molecule has 2 N–H and O–H groups in total. The van der Waals surface area contributed by atoms with E-state index < -0.39 is 5.82 Å². The predicted molar refractivity (Wildman–Crippen MR) is 81.0 cm³/mol. The van der Waals surface area contributed by atoms with Gasteiger partial charge in [-0.25, -0.2) is 4.39 Å². The summed E-state index contributed by atoms with van der Waals surface area (Å²) in [5.74, 6) is -0.279. The standard InChI is InChI=1S/C16H17FN2O2/c1-11(20)19-13-5-3-12(4-6-13)10-18-14-7-8-16(21-2)15(17)9-14/h3-9,18H,10H2,1-2H3,(H,19,20). The Labute approximate surface area is 122 Å². The molecule has 0 unspecified atom stereocenters. The van der Waals surface area contributed by atoms with E-state index in [4.69, 9.17) is 4.74 Å². The molecule has 0 fully saturated rings. The van der Waals surface area contributed by atoms with Crippen molar-refractivity contribution in [1.82, 2.24) is 0 Å². The van der Waals surface area contributed by atoms with Crippen molar-refractivity contribution in [3.63, 3.8) is 0 Å². The van der Waals surface area contributed by atoms with Crippen molar-refractivity contribution in [3.05, 3.63) is 53.8 Å². The van der Waals surface area contributed by atoms with Gasteiger partial charge in [-0.3, -0.25) is 4.79 Å². The quantitative estimate of drug-likeness (QED) is 0.886. The normalized spacial score (nSPS) is 10.0. The predicted octanol–water partition coefficient (Wildman–Crippen LogP) is 3.40. The van der Waals surface area contributed by atoms with Gasteiger partial charge in [0.15, 0.2) is 11.6 Å². The molecule has 0 radical (unpaired) electrons. The molecule has 4 nitrogen and oxygen atoms in total. The van der Waals surface area contributed by atoms with E-state index >= 15 is 0 Å². The molecule has 0 bridgehead atoms. The summed E-state index contributed by atoms with van der Waals surface area (Å²) in [6.07, 6.45) is 0. The van der Waals surface area contributed by atoms with E-state index in [-0.39, 0.29) is 11.7 Å². The van der Waals surface area contributed by atoms with Gasteiger partial charge in [-0.1, -0.05) is 12.1 Å². The molecular formula is C16H17FN2O2. The van der Waals surface area contributed by atoms with Gasteiger partial charge in [-0.15, -0.1) is 0 Å². The van der Waals surface area contributed by atoms with Crippen LogP contribution in [0.3, 0.4) is 0 Å². The maximum absolute atomic E-state index is 13.5. The van der Waals surface area contributed by atoms with E-state index in [2.05, 4.69) is 10.6 Å². The van der Waals surface area contributed by atoms with Gasteiger partial charge in [-0.05, 0) is 29.8 Å². The molecule has 1 amide bonds. The number of rotatable bonds is 5. The van der Waals surface area contributed by atoms with Crippen LogP contribution in [0, 0.1) is 5.82 Å². The number of amides is 1. The molecule has 0 aliphatic heterocycles. The lowest BCUT2D eigenvalue weighted by Gasteiger charge is -2.09. The van der Waals surface area contributed by atoms with Gasteiger partial charge < -0.3 is 15.4 Å². The summed E-state index contributed by atoms with van der Waals surface area (Å²) < 4.78 is 18.4. The maximum Gasteiger partial charge on any atom is 0.221 e. The number of hydrogen-bond donors (Lipinski definition) is 2. The molecule has 0 spiro atoms. The van der Waals surface area contributed by atoms with E-state index in [0.717, 1.165) is 11.3 Å². The number of carbonyl (C=O) groups is 1. The van der Waals surface area contributed by atoms with Crippen molar-refractivity contribution < 1.29 is 13.9 Å². The molecule has 2 rings (SSSR count). The van der Waals surface area contributed by atoms with Crippen LogP contribution in [-0.4, -0.2) is 13.0 Å².